The average Bonchev–Trinajstić information content (AvgIpc) is 2.32. The maximum absolute atomic E-state index is 3.44. The molecule has 0 aliphatic heterocycles. The summed E-state index contributed by atoms with van der Waals surface area (Å²) in [5, 5.41) is 3.44. The van der Waals surface area contributed by atoms with Crippen molar-refractivity contribution < 1.29 is 0 Å². The minimum absolute atomic E-state index is 0.489. The Hall–Kier alpha value is -0.470. The second kappa shape index (κ2) is 7.75. The van der Waals surface area contributed by atoms with E-state index < -0.39 is 0 Å². The van der Waals surface area contributed by atoms with Crippen LogP contribution in [-0.2, 0) is 0 Å². The largest absolute Gasteiger partial charge is 0.313 e. The summed E-state index contributed by atoms with van der Waals surface area (Å²) in [6.45, 7) is 2.34. The molecule has 2 atom stereocenters. The van der Waals surface area contributed by atoms with Gasteiger partial charge in [0.25, 0.3) is 0 Å². The normalized spacial score (nSPS) is 14.7. The summed E-state index contributed by atoms with van der Waals surface area (Å²) in [5.41, 5.74) is 1.40. The summed E-state index contributed by atoms with van der Waals surface area (Å²) in [5.74, 6) is 1.97. The maximum atomic E-state index is 3.44. The molecule has 1 aromatic carbocycles. The third-order valence-electron chi connectivity index (χ3n) is 3.05. The molecular weight excluding hydrogens is 214 g/mol. The molecule has 1 N–H and O–H groups in total. The van der Waals surface area contributed by atoms with Crippen molar-refractivity contribution in [1.29, 1.82) is 0 Å². The Morgan fingerprint density at radius 3 is 2.50 bits per heavy atom. The van der Waals surface area contributed by atoms with Crippen LogP contribution in [0.1, 0.15) is 31.4 Å². The second-order valence-electron chi connectivity index (χ2n) is 4.29. The molecule has 0 amide bonds. The first-order valence-corrected chi connectivity index (χ1v) is 7.40. The number of hydrogen-bond donors (Lipinski definition) is 1. The van der Waals surface area contributed by atoms with Crippen LogP contribution in [0.3, 0.4) is 0 Å². The van der Waals surface area contributed by atoms with Crippen LogP contribution in [0, 0.1) is 5.92 Å². The number of hydrogen-bond acceptors (Lipinski definition) is 2. The predicted octanol–water partition coefficient (Wildman–Crippen LogP) is 3.73. The quantitative estimate of drug-likeness (QED) is 0.725. The fourth-order valence-electron chi connectivity index (χ4n) is 2.16. The van der Waals surface area contributed by atoms with Crippen LogP contribution >= 0.6 is 11.8 Å². The van der Waals surface area contributed by atoms with E-state index in [-0.39, 0.29) is 0 Å². The predicted molar refractivity (Wildman–Crippen MR) is 75.0 cm³/mol. The fourth-order valence-corrected chi connectivity index (χ4v) is 2.61. The first-order valence-electron chi connectivity index (χ1n) is 6.00. The average molecular weight is 237 g/mol. The zero-order valence-corrected chi connectivity index (χ0v) is 11.4. The Bertz CT molecular complexity index is 273. The third-order valence-corrected chi connectivity index (χ3v) is 3.74. The van der Waals surface area contributed by atoms with Gasteiger partial charge in [-0.15, -0.1) is 0 Å². The summed E-state index contributed by atoms with van der Waals surface area (Å²) in [7, 11) is 2.06. The van der Waals surface area contributed by atoms with Gasteiger partial charge in [-0.25, -0.2) is 0 Å². The number of benzene rings is 1. The minimum Gasteiger partial charge on any atom is -0.313 e. The van der Waals surface area contributed by atoms with Crippen LogP contribution in [0.5, 0.6) is 0 Å². The van der Waals surface area contributed by atoms with Crippen molar-refractivity contribution in [2.75, 3.05) is 19.1 Å². The number of rotatable bonds is 7. The van der Waals surface area contributed by atoms with Crippen molar-refractivity contribution in [3.05, 3.63) is 35.9 Å². The van der Waals surface area contributed by atoms with Crippen LogP contribution in [0.4, 0.5) is 0 Å². The van der Waals surface area contributed by atoms with Gasteiger partial charge in [-0.05, 0) is 43.4 Å². The van der Waals surface area contributed by atoms with Crippen molar-refractivity contribution in [2.45, 2.75) is 25.8 Å². The van der Waals surface area contributed by atoms with Gasteiger partial charge in [0.15, 0.2) is 0 Å². The molecule has 0 fully saturated rings. The van der Waals surface area contributed by atoms with Crippen LogP contribution in [0.15, 0.2) is 30.3 Å². The lowest BCUT2D eigenvalue weighted by molar-refractivity contribution is 0.385. The lowest BCUT2D eigenvalue weighted by Crippen LogP contribution is -2.23. The molecular formula is C14H23NS. The van der Waals surface area contributed by atoms with Crippen LogP contribution in [0.25, 0.3) is 0 Å². The van der Waals surface area contributed by atoms with Gasteiger partial charge in [0.2, 0.25) is 0 Å². The van der Waals surface area contributed by atoms with Gasteiger partial charge in [0.1, 0.15) is 0 Å². The molecule has 90 valence electrons. The van der Waals surface area contributed by atoms with Gasteiger partial charge in [-0.3, -0.25) is 0 Å². The van der Waals surface area contributed by atoms with Gasteiger partial charge in [-0.1, -0.05) is 37.3 Å². The Labute approximate surface area is 104 Å². The lowest BCUT2D eigenvalue weighted by atomic mass is 9.91. The summed E-state index contributed by atoms with van der Waals surface area (Å²) in [6, 6.07) is 11.2. The zero-order valence-electron chi connectivity index (χ0n) is 10.6. The molecule has 1 nitrogen and oxygen atoms in total. The van der Waals surface area contributed by atoms with Gasteiger partial charge >= 0.3 is 0 Å². The van der Waals surface area contributed by atoms with E-state index in [9.17, 15) is 0 Å². The molecule has 0 saturated heterocycles. The Morgan fingerprint density at radius 2 is 1.94 bits per heavy atom. The molecule has 0 saturated carbocycles. The second-order valence-corrected chi connectivity index (χ2v) is 5.27. The van der Waals surface area contributed by atoms with Gasteiger partial charge in [0.05, 0.1) is 0 Å². The van der Waals surface area contributed by atoms with Crippen LogP contribution < -0.4 is 5.32 Å². The van der Waals surface area contributed by atoms with Gasteiger partial charge in [0, 0.05) is 6.04 Å². The molecule has 0 bridgehead atoms. The molecule has 1 rings (SSSR count). The molecule has 0 aromatic heterocycles. The van der Waals surface area contributed by atoms with E-state index >= 15 is 0 Å². The molecule has 1 aromatic rings. The molecule has 0 spiro atoms. The minimum atomic E-state index is 0.489. The lowest BCUT2D eigenvalue weighted by Gasteiger charge is -2.24. The summed E-state index contributed by atoms with van der Waals surface area (Å²) in [6.07, 6.45) is 4.78. The molecule has 0 heterocycles. The molecule has 16 heavy (non-hydrogen) atoms. The first-order chi connectivity index (χ1) is 7.79. The van der Waals surface area contributed by atoms with E-state index in [1.54, 1.807) is 0 Å². The standard InChI is InChI=1S/C14H23NS/c1-12(8-7-11-16-3)14(15-2)13-9-5-4-6-10-13/h4-6,9-10,12,14-15H,7-8,11H2,1-3H3. The van der Waals surface area contributed by atoms with Gasteiger partial charge in [-0.2, -0.15) is 11.8 Å². The Morgan fingerprint density at radius 1 is 1.25 bits per heavy atom. The Kier molecular flexibility index (Phi) is 6.58. The first kappa shape index (κ1) is 13.6. The van der Waals surface area contributed by atoms with E-state index in [0.29, 0.717) is 12.0 Å². The van der Waals surface area contributed by atoms with Crippen molar-refractivity contribution in [3.8, 4) is 0 Å². The van der Waals surface area contributed by atoms with Crippen LogP contribution in [-0.4, -0.2) is 19.1 Å². The van der Waals surface area contributed by atoms with E-state index in [0.717, 1.165) is 0 Å². The van der Waals surface area contributed by atoms with E-state index in [1.165, 1.54) is 24.2 Å². The highest BCUT2D eigenvalue weighted by atomic mass is 32.2. The highest BCUT2D eigenvalue weighted by Crippen LogP contribution is 2.25. The van der Waals surface area contributed by atoms with Crippen molar-refractivity contribution in [2.24, 2.45) is 5.92 Å². The fraction of sp³-hybridized carbons (Fsp3) is 0.571. The van der Waals surface area contributed by atoms with E-state index in [2.05, 4.69) is 55.9 Å². The highest BCUT2D eigenvalue weighted by molar-refractivity contribution is 7.98. The molecule has 0 aliphatic carbocycles. The molecule has 0 aliphatic rings. The monoisotopic (exact) mass is 237 g/mol. The summed E-state index contributed by atoms with van der Waals surface area (Å²) < 4.78 is 0. The van der Waals surface area contributed by atoms with E-state index in [1.807, 2.05) is 11.8 Å². The zero-order chi connectivity index (χ0) is 11.8. The molecule has 2 unspecified atom stereocenters. The summed E-state index contributed by atoms with van der Waals surface area (Å²) >= 11 is 1.94. The Balaban J connectivity index is 2.53. The molecule has 2 heteroatoms. The smallest absolute Gasteiger partial charge is 0.0343 e. The third kappa shape index (κ3) is 4.18. The van der Waals surface area contributed by atoms with Crippen molar-refractivity contribution in [1.82, 2.24) is 5.32 Å². The maximum Gasteiger partial charge on any atom is 0.0343 e. The highest BCUT2D eigenvalue weighted by Gasteiger charge is 2.16. The van der Waals surface area contributed by atoms with E-state index in [4.69, 9.17) is 0 Å². The molecule has 0 radical (unpaired) electrons. The van der Waals surface area contributed by atoms with Crippen molar-refractivity contribution in [3.63, 3.8) is 0 Å². The SMILES string of the molecule is CNC(c1ccccc1)C(C)CCCSC. The number of nitrogens with one attached hydrogen (secondary N) is 1. The summed E-state index contributed by atoms with van der Waals surface area (Å²) in [4.78, 5) is 0. The number of thioether (sulfide) groups is 1. The van der Waals surface area contributed by atoms with Crippen LogP contribution in [0.2, 0.25) is 0 Å². The van der Waals surface area contributed by atoms with Crippen molar-refractivity contribution >= 4 is 11.8 Å². The van der Waals surface area contributed by atoms with Gasteiger partial charge < -0.3 is 5.32 Å². The topological polar surface area (TPSA) is 12.0 Å².